The highest BCUT2D eigenvalue weighted by molar-refractivity contribution is 5.80. The number of fused-ring (bicyclic) bond motifs is 3. The molecule has 1 amide bonds. The molecule has 1 saturated carbocycles. The molecular formula is C16H17NO3. The van der Waals surface area contributed by atoms with Crippen molar-refractivity contribution in [3.63, 3.8) is 0 Å². The molecule has 3 atom stereocenters. The lowest BCUT2D eigenvalue weighted by Crippen LogP contribution is -2.44. The average Bonchev–Trinajstić information content (AvgIpc) is 3.03. The van der Waals surface area contributed by atoms with Crippen LogP contribution in [-0.4, -0.2) is 23.6 Å². The Bertz CT molecular complexity index is 612. The molecule has 104 valence electrons. The summed E-state index contributed by atoms with van der Waals surface area (Å²) in [4.78, 5) is 14.4. The van der Waals surface area contributed by atoms with Crippen LogP contribution in [0.1, 0.15) is 42.7 Å². The molecule has 0 N–H and O–H groups in total. The first kappa shape index (κ1) is 11.0. The Hall–Kier alpha value is -1.71. The zero-order valence-electron chi connectivity index (χ0n) is 11.3. The summed E-state index contributed by atoms with van der Waals surface area (Å²) in [6.07, 6.45) is 4.39. The molecular weight excluding hydrogens is 254 g/mol. The molecule has 4 nitrogen and oxygen atoms in total. The number of nitrogens with zero attached hydrogens (tertiary/aromatic N) is 1. The Labute approximate surface area is 117 Å². The molecule has 1 aromatic rings. The van der Waals surface area contributed by atoms with Crippen LogP contribution in [-0.2, 0) is 11.3 Å². The van der Waals surface area contributed by atoms with Gasteiger partial charge in [0, 0.05) is 24.9 Å². The van der Waals surface area contributed by atoms with Gasteiger partial charge in [0.15, 0.2) is 11.5 Å². The van der Waals surface area contributed by atoms with Crippen LogP contribution in [0.2, 0.25) is 0 Å². The van der Waals surface area contributed by atoms with Crippen LogP contribution in [0.3, 0.4) is 0 Å². The lowest BCUT2D eigenvalue weighted by molar-refractivity contribution is -0.130. The molecule has 4 aliphatic rings. The minimum Gasteiger partial charge on any atom is -0.454 e. The van der Waals surface area contributed by atoms with Crippen molar-refractivity contribution in [1.29, 1.82) is 0 Å². The summed E-state index contributed by atoms with van der Waals surface area (Å²) < 4.78 is 11.0. The Morgan fingerprint density at radius 2 is 2.00 bits per heavy atom. The fourth-order valence-corrected chi connectivity index (χ4v) is 4.67. The monoisotopic (exact) mass is 271 g/mol. The average molecular weight is 271 g/mol. The predicted molar refractivity (Wildman–Crippen MR) is 71.6 cm³/mol. The van der Waals surface area contributed by atoms with Crippen LogP contribution >= 0.6 is 0 Å². The molecule has 0 bridgehead atoms. The van der Waals surface area contributed by atoms with Gasteiger partial charge in [0.05, 0.1) is 0 Å². The maximum Gasteiger partial charge on any atom is 0.231 e. The molecule has 1 aromatic carbocycles. The van der Waals surface area contributed by atoms with E-state index in [4.69, 9.17) is 9.47 Å². The third-order valence-corrected chi connectivity index (χ3v) is 5.48. The van der Waals surface area contributed by atoms with E-state index in [1.165, 1.54) is 30.4 Å². The third-order valence-electron chi connectivity index (χ3n) is 5.48. The molecule has 3 heterocycles. The van der Waals surface area contributed by atoms with Gasteiger partial charge < -0.3 is 14.4 Å². The zero-order valence-corrected chi connectivity index (χ0v) is 11.3. The normalized spacial score (nSPS) is 33.1. The van der Waals surface area contributed by atoms with Crippen molar-refractivity contribution in [2.24, 2.45) is 5.92 Å². The maximum absolute atomic E-state index is 12.3. The highest BCUT2D eigenvalue weighted by Gasteiger charge is 2.49. The van der Waals surface area contributed by atoms with Gasteiger partial charge in [0.25, 0.3) is 0 Å². The van der Waals surface area contributed by atoms with E-state index in [2.05, 4.69) is 17.0 Å². The molecule has 0 aromatic heterocycles. The molecule has 0 spiro atoms. The van der Waals surface area contributed by atoms with E-state index in [9.17, 15) is 4.79 Å². The second-order valence-corrected chi connectivity index (χ2v) is 6.42. The van der Waals surface area contributed by atoms with Gasteiger partial charge in [0.2, 0.25) is 12.7 Å². The summed E-state index contributed by atoms with van der Waals surface area (Å²) >= 11 is 0. The first-order valence-electron chi connectivity index (χ1n) is 7.53. The number of carbonyl (C=O) groups excluding carboxylic acids is 1. The lowest BCUT2D eigenvalue weighted by atomic mass is 9.71. The minimum absolute atomic E-state index is 0.317. The molecule has 4 heteroatoms. The van der Waals surface area contributed by atoms with Gasteiger partial charge in [-0.25, -0.2) is 0 Å². The molecule has 2 fully saturated rings. The Balaban J connectivity index is 1.66. The summed E-state index contributed by atoms with van der Waals surface area (Å²) in [6, 6.07) is 4.69. The summed E-state index contributed by atoms with van der Waals surface area (Å²) in [5, 5.41) is 0. The van der Waals surface area contributed by atoms with E-state index in [-0.39, 0.29) is 0 Å². The summed E-state index contributed by atoms with van der Waals surface area (Å²) in [5.74, 6) is 3.12. The third kappa shape index (κ3) is 1.29. The van der Waals surface area contributed by atoms with Crippen molar-refractivity contribution in [2.45, 2.75) is 44.2 Å². The number of ether oxygens (including phenoxy) is 2. The largest absolute Gasteiger partial charge is 0.454 e. The van der Waals surface area contributed by atoms with E-state index in [0.29, 0.717) is 30.6 Å². The van der Waals surface area contributed by atoms with Gasteiger partial charge in [-0.15, -0.1) is 0 Å². The first-order valence-corrected chi connectivity index (χ1v) is 7.53. The van der Waals surface area contributed by atoms with Gasteiger partial charge in [-0.3, -0.25) is 4.79 Å². The quantitative estimate of drug-likeness (QED) is 0.727. The lowest BCUT2D eigenvalue weighted by Gasteiger charge is -2.43. The van der Waals surface area contributed by atoms with Gasteiger partial charge >= 0.3 is 0 Å². The van der Waals surface area contributed by atoms with Crippen molar-refractivity contribution in [3.05, 3.63) is 23.3 Å². The highest BCUT2D eigenvalue weighted by atomic mass is 16.7. The van der Waals surface area contributed by atoms with Gasteiger partial charge in [0.1, 0.15) is 0 Å². The maximum atomic E-state index is 12.3. The van der Waals surface area contributed by atoms with Crippen LogP contribution in [0.15, 0.2) is 12.1 Å². The number of rotatable bonds is 0. The molecule has 5 rings (SSSR count). The number of hydrogen-bond donors (Lipinski definition) is 0. The van der Waals surface area contributed by atoms with E-state index in [1.54, 1.807) is 0 Å². The fraction of sp³-hybridized carbons (Fsp3) is 0.562. The number of carbonyl (C=O) groups is 1. The van der Waals surface area contributed by atoms with Crippen LogP contribution in [0.25, 0.3) is 0 Å². The van der Waals surface area contributed by atoms with Gasteiger partial charge in [-0.1, -0.05) is 6.42 Å². The van der Waals surface area contributed by atoms with Crippen LogP contribution in [0.5, 0.6) is 11.5 Å². The topological polar surface area (TPSA) is 38.8 Å². The first-order chi connectivity index (χ1) is 9.81. The van der Waals surface area contributed by atoms with Crippen molar-refractivity contribution >= 4 is 5.91 Å². The molecule has 1 saturated heterocycles. The number of hydrogen-bond acceptors (Lipinski definition) is 3. The van der Waals surface area contributed by atoms with Crippen molar-refractivity contribution < 1.29 is 14.3 Å². The van der Waals surface area contributed by atoms with Crippen LogP contribution in [0, 0.1) is 5.92 Å². The molecule has 1 aliphatic carbocycles. The summed E-state index contributed by atoms with van der Waals surface area (Å²) in [5.41, 5.74) is 2.65. The summed E-state index contributed by atoms with van der Waals surface area (Å²) in [6.45, 7) is 1.07. The Morgan fingerprint density at radius 3 is 2.90 bits per heavy atom. The number of amides is 1. The highest BCUT2D eigenvalue weighted by Crippen LogP contribution is 2.51. The van der Waals surface area contributed by atoms with Crippen LogP contribution < -0.4 is 9.47 Å². The summed E-state index contributed by atoms with van der Waals surface area (Å²) in [7, 11) is 0. The molecule has 3 aliphatic heterocycles. The van der Waals surface area contributed by atoms with E-state index < -0.39 is 0 Å². The zero-order chi connectivity index (χ0) is 13.3. The molecule has 0 radical (unpaired) electrons. The molecule has 20 heavy (non-hydrogen) atoms. The predicted octanol–water partition coefficient (Wildman–Crippen LogP) is 2.41. The standard InChI is InChI=1S/C16H17NO3/c18-15-5-9-2-1-3-11-12-6-14-13(19-8-20-14)4-10(12)7-17(15)16(9)11/h4,6,9,11,16H,1-3,5,7-8H2/t9-,11+,16-/m0/s1. The smallest absolute Gasteiger partial charge is 0.231 e. The second kappa shape index (κ2) is 3.68. The van der Waals surface area contributed by atoms with E-state index in [0.717, 1.165) is 24.5 Å². The second-order valence-electron chi connectivity index (χ2n) is 6.42. The van der Waals surface area contributed by atoms with Crippen molar-refractivity contribution in [2.75, 3.05) is 6.79 Å². The van der Waals surface area contributed by atoms with Gasteiger partial charge in [-0.2, -0.15) is 0 Å². The fourth-order valence-electron chi connectivity index (χ4n) is 4.67. The number of benzene rings is 1. The Morgan fingerprint density at radius 1 is 1.15 bits per heavy atom. The van der Waals surface area contributed by atoms with E-state index >= 15 is 0 Å². The molecule has 0 unspecified atom stereocenters. The van der Waals surface area contributed by atoms with Gasteiger partial charge in [-0.05, 0) is 42.0 Å². The van der Waals surface area contributed by atoms with E-state index in [1.807, 2.05) is 0 Å². The Kier molecular flexibility index (Phi) is 2.03. The van der Waals surface area contributed by atoms with Crippen LogP contribution in [0.4, 0.5) is 0 Å². The van der Waals surface area contributed by atoms with Crippen molar-refractivity contribution in [3.8, 4) is 11.5 Å². The van der Waals surface area contributed by atoms with Crippen molar-refractivity contribution in [1.82, 2.24) is 4.90 Å². The SMILES string of the molecule is O=C1C[C@@H]2CCC[C@@H]3c4cc5c(cc4CN1[C@@H]23)OCO5. The minimum atomic E-state index is 0.317.